The minimum Gasteiger partial charge on any atom is -0.480 e. The van der Waals surface area contributed by atoms with Crippen LogP contribution in [0.2, 0.25) is 10.0 Å². The molecule has 0 bridgehead atoms. The van der Waals surface area contributed by atoms with Gasteiger partial charge in [0.15, 0.2) is 0 Å². The fourth-order valence-electron chi connectivity index (χ4n) is 6.78. The van der Waals surface area contributed by atoms with E-state index in [-0.39, 0.29) is 11.9 Å². The molecule has 0 saturated carbocycles. The molecule has 1 aliphatic heterocycles. The number of nitrogens with zero attached hydrogens (tertiary/aromatic N) is 5. The topological polar surface area (TPSA) is 140 Å². The molecule has 1 fully saturated rings. The zero-order valence-electron chi connectivity index (χ0n) is 27.9. The van der Waals surface area contributed by atoms with Crippen molar-refractivity contribution in [3.8, 4) is 45.4 Å². The van der Waals surface area contributed by atoms with Crippen LogP contribution in [0.3, 0.4) is 0 Å². The lowest BCUT2D eigenvalue weighted by Crippen LogP contribution is -2.34. The number of carbonyl (C=O) groups is 1. The maximum absolute atomic E-state index is 11.5. The number of fused-ring (bicyclic) bond motifs is 1. The van der Waals surface area contributed by atoms with Crippen molar-refractivity contribution in [1.29, 1.82) is 0 Å². The quantitative estimate of drug-likeness (QED) is 0.131. The molecule has 2 aromatic carbocycles. The number of benzene rings is 2. The molecule has 7 rings (SSSR count). The molecule has 1 unspecified atom stereocenters. The summed E-state index contributed by atoms with van der Waals surface area (Å²) < 4.78 is 11.3. The van der Waals surface area contributed by atoms with Crippen molar-refractivity contribution in [2.75, 3.05) is 14.2 Å². The number of rotatable bonds is 12. The predicted molar refractivity (Wildman–Crippen MR) is 192 cm³/mol. The van der Waals surface area contributed by atoms with E-state index in [2.05, 4.69) is 20.8 Å². The van der Waals surface area contributed by atoms with Crippen molar-refractivity contribution >= 4 is 29.1 Å². The molecule has 1 saturated heterocycles. The molecular formula is C37H38Cl2N8O3. The Labute approximate surface area is 300 Å². The number of aromatic nitrogens is 6. The number of halogens is 2. The summed E-state index contributed by atoms with van der Waals surface area (Å²) in [6.45, 7) is 0.523. The number of nitrogens with one attached hydrogen (secondary N) is 3. The van der Waals surface area contributed by atoms with Crippen molar-refractivity contribution in [2.45, 2.75) is 70.0 Å². The Bertz CT molecular complexity index is 2020. The van der Waals surface area contributed by atoms with Gasteiger partial charge < -0.3 is 20.1 Å². The lowest BCUT2D eigenvalue weighted by Gasteiger charge is -2.23. The Morgan fingerprint density at radius 3 is 2.12 bits per heavy atom. The SMILES string of the molecule is COc1nc(-c2cccc(-c3cccc(-c4cnc(CNC5CCc6cn[nH]c6C5)c(OC)n4)c3Cl)c2Cl)cnc1CCC[C@@H]1CCC(=O)N1. The van der Waals surface area contributed by atoms with E-state index >= 15 is 0 Å². The largest absolute Gasteiger partial charge is 0.480 e. The van der Waals surface area contributed by atoms with Gasteiger partial charge in [0.05, 0.1) is 54.2 Å². The second kappa shape index (κ2) is 15.1. The fourth-order valence-corrected chi connectivity index (χ4v) is 7.43. The third-order valence-corrected chi connectivity index (χ3v) is 10.3. The first kappa shape index (κ1) is 33.9. The van der Waals surface area contributed by atoms with E-state index in [4.69, 9.17) is 52.6 Å². The Balaban J connectivity index is 1.09. The van der Waals surface area contributed by atoms with Crippen molar-refractivity contribution < 1.29 is 14.3 Å². The van der Waals surface area contributed by atoms with Crippen molar-refractivity contribution in [1.82, 2.24) is 40.8 Å². The highest BCUT2D eigenvalue weighted by Gasteiger charge is 2.23. The average molecular weight is 714 g/mol. The van der Waals surface area contributed by atoms with Gasteiger partial charge >= 0.3 is 0 Å². The van der Waals surface area contributed by atoms with Crippen LogP contribution in [0.4, 0.5) is 0 Å². The zero-order chi connectivity index (χ0) is 34.6. The molecule has 13 heteroatoms. The number of aryl methyl sites for hydroxylation is 2. The van der Waals surface area contributed by atoms with E-state index in [1.54, 1.807) is 26.6 Å². The number of hydrogen-bond acceptors (Lipinski definition) is 9. The van der Waals surface area contributed by atoms with E-state index in [9.17, 15) is 4.79 Å². The average Bonchev–Trinajstić information content (AvgIpc) is 3.79. The van der Waals surface area contributed by atoms with Crippen LogP contribution >= 0.6 is 23.2 Å². The number of amides is 1. The molecule has 50 heavy (non-hydrogen) atoms. The van der Waals surface area contributed by atoms with Gasteiger partial charge in [-0.3, -0.25) is 19.9 Å². The van der Waals surface area contributed by atoms with E-state index in [0.29, 0.717) is 69.7 Å². The van der Waals surface area contributed by atoms with Gasteiger partial charge in [0.1, 0.15) is 11.4 Å². The van der Waals surface area contributed by atoms with Crippen LogP contribution in [0.25, 0.3) is 33.6 Å². The molecule has 5 aromatic rings. The number of H-pyrrole nitrogens is 1. The lowest BCUT2D eigenvalue weighted by molar-refractivity contribution is -0.119. The smallest absolute Gasteiger partial charge is 0.237 e. The Kier molecular flexibility index (Phi) is 10.3. The van der Waals surface area contributed by atoms with Crippen LogP contribution in [0.1, 0.15) is 54.7 Å². The van der Waals surface area contributed by atoms with Gasteiger partial charge in [-0.2, -0.15) is 5.10 Å². The van der Waals surface area contributed by atoms with Crippen LogP contribution in [0.15, 0.2) is 55.0 Å². The first-order valence-electron chi connectivity index (χ1n) is 16.8. The summed E-state index contributed by atoms with van der Waals surface area (Å²) >= 11 is 14.2. The highest BCUT2D eigenvalue weighted by molar-refractivity contribution is 6.39. The number of hydrogen-bond donors (Lipinski definition) is 3. The number of carbonyl (C=O) groups excluding carboxylic acids is 1. The summed E-state index contributed by atoms with van der Waals surface area (Å²) in [7, 11) is 3.19. The lowest BCUT2D eigenvalue weighted by atomic mass is 9.94. The molecule has 1 aliphatic carbocycles. The van der Waals surface area contributed by atoms with E-state index in [1.165, 1.54) is 11.3 Å². The Hall–Kier alpha value is -4.58. The van der Waals surface area contributed by atoms with Crippen molar-refractivity contribution in [2.24, 2.45) is 0 Å². The van der Waals surface area contributed by atoms with Crippen molar-refractivity contribution in [3.63, 3.8) is 0 Å². The van der Waals surface area contributed by atoms with E-state index in [1.807, 2.05) is 42.6 Å². The molecule has 1 amide bonds. The van der Waals surface area contributed by atoms with Crippen LogP contribution in [0, 0.1) is 0 Å². The molecule has 2 atom stereocenters. The molecule has 0 radical (unpaired) electrons. The summed E-state index contributed by atoms with van der Waals surface area (Å²) in [5.41, 5.74) is 8.04. The molecule has 2 aliphatic rings. The van der Waals surface area contributed by atoms with Crippen LogP contribution < -0.4 is 20.1 Å². The molecule has 258 valence electrons. The summed E-state index contributed by atoms with van der Waals surface area (Å²) in [5.74, 6) is 1.02. The molecule has 11 nitrogen and oxygen atoms in total. The summed E-state index contributed by atoms with van der Waals surface area (Å²) in [4.78, 5) is 30.5. The van der Waals surface area contributed by atoms with E-state index < -0.39 is 0 Å². The van der Waals surface area contributed by atoms with Crippen molar-refractivity contribution in [3.05, 3.63) is 87.7 Å². The third-order valence-electron chi connectivity index (χ3n) is 9.48. The fraction of sp³-hybridized carbons (Fsp3) is 0.351. The molecule has 0 spiro atoms. The highest BCUT2D eigenvalue weighted by atomic mass is 35.5. The maximum atomic E-state index is 11.5. The van der Waals surface area contributed by atoms with Gasteiger partial charge in [-0.15, -0.1) is 0 Å². The van der Waals surface area contributed by atoms with Gasteiger partial charge in [0.2, 0.25) is 17.7 Å². The Morgan fingerprint density at radius 1 is 0.840 bits per heavy atom. The molecule has 3 N–H and O–H groups in total. The molecule has 3 aromatic heterocycles. The molecule has 4 heterocycles. The van der Waals surface area contributed by atoms with Crippen LogP contribution in [0.5, 0.6) is 11.8 Å². The summed E-state index contributed by atoms with van der Waals surface area (Å²) in [6, 6.07) is 12.0. The zero-order valence-corrected chi connectivity index (χ0v) is 29.4. The summed E-state index contributed by atoms with van der Waals surface area (Å²) in [6.07, 6.45) is 12.2. The number of methoxy groups -OCH3 is 2. The first-order chi connectivity index (χ1) is 24.4. The van der Waals surface area contributed by atoms with Gasteiger partial charge in [-0.1, -0.05) is 59.6 Å². The van der Waals surface area contributed by atoms with Gasteiger partial charge in [-0.05, 0) is 44.1 Å². The summed E-state index contributed by atoms with van der Waals surface area (Å²) in [5, 5.41) is 14.9. The third kappa shape index (κ3) is 7.17. The Morgan fingerprint density at radius 2 is 1.48 bits per heavy atom. The number of aromatic amines is 1. The second-order valence-electron chi connectivity index (χ2n) is 12.6. The number of ether oxygens (including phenoxy) is 2. The van der Waals surface area contributed by atoms with Crippen LogP contribution in [-0.2, 0) is 30.6 Å². The minimum atomic E-state index is 0.125. The monoisotopic (exact) mass is 712 g/mol. The minimum absolute atomic E-state index is 0.125. The maximum Gasteiger partial charge on any atom is 0.237 e. The first-order valence-corrected chi connectivity index (χ1v) is 17.6. The molecular weight excluding hydrogens is 675 g/mol. The predicted octanol–water partition coefficient (Wildman–Crippen LogP) is 6.56. The van der Waals surface area contributed by atoms with Gasteiger partial charge in [0, 0.05) is 59.4 Å². The van der Waals surface area contributed by atoms with Gasteiger partial charge in [-0.25, -0.2) is 9.97 Å². The standard InChI is InChI=1S/C37H38Cl2N8O3/c1-49-36-28(11-3-6-22-14-15-33(48)44-22)41-18-30(45-36)26-9-4-7-24(34(26)38)25-8-5-10-27(35(25)39)31-19-42-32(37(46-31)50-2)20-40-23-13-12-21-17-43-47-29(21)16-23/h4-5,7-10,17-19,22-23,40H,3,6,11-16,20H2,1-2H3,(H,43,47)(H,44,48)/t22-,23?/m1/s1. The highest BCUT2D eigenvalue weighted by Crippen LogP contribution is 2.42. The van der Waals surface area contributed by atoms with Crippen LogP contribution in [-0.4, -0.2) is 62.3 Å². The second-order valence-corrected chi connectivity index (χ2v) is 13.4. The normalized spacial score (nSPS) is 17.0. The van der Waals surface area contributed by atoms with E-state index in [0.717, 1.165) is 61.0 Å². The van der Waals surface area contributed by atoms with Gasteiger partial charge in [0.25, 0.3) is 0 Å².